The second kappa shape index (κ2) is 7.93. The molecule has 0 spiro atoms. The first-order valence-electron chi connectivity index (χ1n) is 9.21. The first-order valence-corrected chi connectivity index (χ1v) is 11.1. The van der Waals surface area contributed by atoms with Gasteiger partial charge < -0.3 is 19.3 Å². The van der Waals surface area contributed by atoms with E-state index in [-0.39, 0.29) is 5.91 Å². The lowest BCUT2D eigenvalue weighted by Crippen LogP contribution is -2.55. The van der Waals surface area contributed by atoms with E-state index in [1.807, 2.05) is 0 Å². The highest BCUT2D eigenvalue weighted by Gasteiger charge is 2.33. The van der Waals surface area contributed by atoms with E-state index in [0.29, 0.717) is 43.5 Å². The van der Waals surface area contributed by atoms with E-state index < -0.39 is 16.1 Å². The fourth-order valence-corrected chi connectivity index (χ4v) is 4.68. The van der Waals surface area contributed by atoms with Gasteiger partial charge in [0.1, 0.15) is 19.3 Å². The van der Waals surface area contributed by atoms with Crippen molar-refractivity contribution >= 4 is 21.6 Å². The number of hydrogen-bond acceptors (Lipinski definition) is 6. The average Bonchev–Trinajstić information content (AvgIpc) is 2.66. The van der Waals surface area contributed by atoms with E-state index in [0.717, 1.165) is 25.9 Å². The highest BCUT2D eigenvalue weighted by atomic mass is 32.2. The van der Waals surface area contributed by atoms with Crippen molar-refractivity contribution in [2.45, 2.75) is 19.9 Å². The molecule has 9 heteroatoms. The number of sulfonamides is 1. The van der Waals surface area contributed by atoms with Gasteiger partial charge in [-0.25, -0.2) is 8.42 Å². The Kier molecular flexibility index (Phi) is 5.81. The molecule has 0 unspecified atom stereocenters. The van der Waals surface area contributed by atoms with Gasteiger partial charge in [-0.2, -0.15) is 0 Å². The average molecular weight is 397 g/mol. The lowest BCUT2D eigenvalue weighted by atomic mass is 10.2. The Morgan fingerprint density at radius 1 is 1.15 bits per heavy atom. The van der Waals surface area contributed by atoms with E-state index in [9.17, 15) is 13.2 Å². The molecule has 1 aromatic rings. The number of nitrogens with zero attached hydrogens (tertiary/aromatic N) is 3. The Morgan fingerprint density at radius 3 is 2.37 bits per heavy atom. The zero-order valence-corrected chi connectivity index (χ0v) is 16.9. The molecule has 2 heterocycles. The maximum Gasteiger partial charge on any atom is 0.246 e. The molecule has 1 aromatic carbocycles. The summed E-state index contributed by atoms with van der Waals surface area (Å²) in [5, 5.41) is 0. The van der Waals surface area contributed by atoms with Gasteiger partial charge in [-0.3, -0.25) is 9.10 Å². The molecule has 2 aliphatic heterocycles. The normalized spacial score (nSPS) is 18.9. The van der Waals surface area contributed by atoms with Crippen LogP contribution in [0.5, 0.6) is 11.5 Å². The summed E-state index contributed by atoms with van der Waals surface area (Å²) < 4.78 is 37.2. The maximum atomic E-state index is 13.0. The molecular weight excluding hydrogens is 370 g/mol. The van der Waals surface area contributed by atoms with Crippen molar-refractivity contribution < 1.29 is 22.7 Å². The molecule has 0 saturated carbocycles. The number of ether oxygens (including phenoxy) is 2. The number of hydrogen-bond donors (Lipinski definition) is 0. The van der Waals surface area contributed by atoms with Crippen LogP contribution < -0.4 is 13.8 Å². The van der Waals surface area contributed by atoms with Crippen molar-refractivity contribution in [3.05, 3.63) is 18.2 Å². The van der Waals surface area contributed by atoms with Gasteiger partial charge in [0.2, 0.25) is 15.9 Å². The van der Waals surface area contributed by atoms with Crippen LogP contribution in [-0.4, -0.2) is 82.4 Å². The van der Waals surface area contributed by atoms with Crippen molar-refractivity contribution in [1.29, 1.82) is 0 Å². The molecule has 0 aromatic heterocycles. The van der Waals surface area contributed by atoms with Crippen molar-refractivity contribution in [2.24, 2.45) is 0 Å². The molecule has 27 heavy (non-hydrogen) atoms. The number of carbonyl (C=O) groups excluding carboxylic acids is 1. The summed E-state index contributed by atoms with van der Waals surface area (Å²) in [6.07, 6.45) is 1.11. The fraction of sp³-hybridized carbons (Fsp3) is 0.611. The number of piperazine rings is 1. The van der Waals surface area contributed by atoms with Gasteiger partial charge in [0, 0.05) is 32.2 Å². The molecule has 0 bridgehead atoms. The van der Waals surface area contributed by atoms with Crippen LogP contribution in [-0.2, 0) is 14.8 Å². The second-order valence-corrected chi connectivity index (χ2v) is 8.68. The number of fused-ring (bicyclic) bond motifs is 1. The molecule has 1 fully saturated rings. The molecule has 1 atom stereocenters. The first kappa shape index (κ1) is 19.8. The summed E-state index contributed by atoms with van der Waals surface area (Å²) in [7, 11) is -3.66. The quantitative estimate of drug-likeness (QED) is 0.731. The number of rotatable bonds is 5. The number of amides is 1. The summed E-state index contributed by atoms with van der Waals surface area (Å²) in [6.45, 7) is 8.36. The molecule has 8 nitrogen and oxygen atoms in total. The van der Waals surface area contributed by atoms with Crippen LogP contribution in [0, 0.1) is 0 Å². The Labute approximate surface area is 160 Å². The topological polar surface area (TPSA) is 79.4 Å². The molecular formula is C18H27N3O5S. The number of benzene rings is 1. The third-order valence-corrected chi connectivity index (χ3v) is 6.22. The van der Waals surface area contributed by atoms with Crippen LogP contribution in [0.15, 0.2) is 18.2 Å². The lowest BCUT2D eigenvalue weighted by molar-refractivity contribution is -0.133. The van der Waals surface area contributed by atoms with E-state index in [2.05, 4.69) is 11.8 Å². The van der Waals surface area contributed by atoms with Crippen molar-refractivity contribution in [2.75, 3.05) is 56.5 Å². The van der Waals surface area contributed by atoms with E-state index in [1.165, 1.54) is 4.31 Å². The van der Waals surface area contributed by atoms with E-state index in [1.54, 1.807) is 30.0 Å². The van der Waals surface area contributed by atoms with Crippen LogP contribution >= 0.6 is 0 Å². The highest BCUT2D eigenvalue weighted by molar-refractivity contribution is 7.92. The highest BCUT2D eigenvalue weighted by Crippen LogP contribution is 2.35. The van der Waals surface area contributed by atoms with Crippen LogP contribution in [0.2, 0.25) is 0 Å². The molecule has 0 N–H and O–H groups in total. The van der Waals surface area contributed by atoms with Gasteiger partial charge in [0.15, 0.2) is 11.5 Å². The van der Waals surface area contributed by atoms with Crippen LogP contribution in [0.4, 0.5) is 5.69 Å². The lowest BCUT2D eigenvalue weighted by Gasteiger charge is -2.37. The Morgan fingerprint density at radius 2 is 1.78 bits per heavy atom. The van der Waals surface area contributed by atoms with Crippen molar-refractivity contribution in [1.82, 2.24) is 9.80 Å². The third-order valence-electron chi connectivity index (χ3n) is 4.98. The standard InChI is InChI=1S/C18H27N3O5S/c1-4-19-7-9-20(10-8-19)18(22)14(2)21(27(3,23)24)15-5-6-16-17(13-15)26-12-11-25-16/h5-6,13-14H,4,7-12H2,1-3H3/t14-/m1/s1. The van der Waals surface area contributed by atoms with Crippen LogP contribution in [0.1, 0.15) is 13.8 Å². The second-order valence-electron chi connectivity index (χ2n) is 6.82. The molecule has 1 amide bonds. The molecule has 3 rings (SSSR count). The smallest absolute Gasteiger partial charge is 0.246 e. The van der Waals surface area contributed by atoms with Crippen molar-refractivity contribution in [3.8, 4) is 11.5 Å². The molecule has 150 valence electrons. The monoisotopic (exact) mass is 397 g/mol. The van der Waals surface area contributed by atoms with Gasteiger partial charge in [-0.15, -0.1) is 0 Å². The fourth-order valence-electron chi connectivity index (χ4n) is 3.52. The van der Waals surface area contributed by atoms with E-state index >= 15 is 0 Å². The SMILES string of the molecule is CCN1CCN(C(=O)[C@@H](C)N(c2ccc3c(c2)OCCO3)S(C)(=O)=O)CC1. The van der Waals surface area contributed by atoms with Crippen LogP contribution in [0.25, 0.3) is 0 Å². The molecule has 0 radical (unpaired) electrons. The molecule has 1 saturated heterocycles. The maximum absolute atomic E-state index is 13.0. The summed E-state index contributed by atoms with van der Waals surface area (Å²) >= 11 is 0. The predicted molar refractivity (Wildman–Crippen MR) is 103 cm³/mol. The minimum Gasteiger partial charge on any atom is -0.486 e. The largest absolute Gasteiger partial charge is 0.486 e. The number of anilines is 1. The summed E-state index contributed by atoms with van der Waals surface area (Å²) in [4.78, 5) is 17.0. The Hall–Kier alpha value is -2.00. The number of carbonyl (C=O) groups is 1. The predicted octanol–water partition coefficient (Wildman–Crippen LogP) is 0.776. The first-order chi connectivity index (χ1) is 12.8. The van der Waals surface area contributed by atoms with Gasteiger partial charge in [-0.05, 0) is 25.6 Å². The Bertz CT molecular complexity index is 790. The van der Waals surface area contributed by atoms with Gasteiger partial charge in [0.05, 0.1) is 11.9 Å². The van der Waals surface area contributed by atoms with Crippen LogP contribution in [0.3, 0.4) is 0 Å². The molecule has 2 aliphatic rings. The van der Waals surface area contributed by atoms with Crippen molar-refractivity contribution in [3.63, 3.8) is 0 Å². The summed E-state index contributed by atoms with van der Waals surface area (Å²) in [5.74, 6) is 0.878. The summed E-state index contributed by atoms with van der Waals surface area (Å²) in [6, 6.07) is 4.11. The van der Waals surface area contributed by atoms with Gasteiger partial charge in [0.25, 0.3) is 0 Å². The third kappa shape index (κ3) is 4.30. The minimum atomic E-state index is -3.66. The van der Waals surface area contributed by atoms with Gasteiger partial charge in [-0.1, -0.05) is 6.92 Å². The minimum absolute atomic E-state index is 0.189. The zero-order chi connectivity index (χ0) is 19.6. The Balaban J connectivity index is 1.84. The zero-order valence-electron chi connectivity index (χ0n) is 16.1. The molecule has 0 aliphatic carbocycles. The van der Waals surface area contributed by atoms with Gasteiger partial charge >= 0.3 is 0 Å². The number of likely N-dealkylation sites (N-methyl/N-ethyl adjacent to an activating group) is 1. The summed E-state index contributed by atoms with van der Waals surface area (Å²) in [5.41, 5.74) is 0.398. The van der Waals surface area contributed by atoms with E-state index in [4.69, 9.17) is 9.47 Å².